The summed E-state index contributed by atoms with van der Waals surface area (Å²) in [5, 5.41) is 31.3. The Morgan fingerprint density at radius 1 is 0.595 bits per heavy atom. The summed E-state index contributed by atoms with van der Waals surface area (Å²) in [6, 6.07) is 26.1. The number of anilines is 2. The van der Waals surface area contributed by atoms with Gasteiger partial charge in [0.2, 0.25) is 11.8 Å². The smallest absolute Gasteiger partial charge is 0.433 e. The van der Waals surface area contributed by atoms with Gasteiger partial charge in [-0.3, -0.25) is 29.1 Å². The average Bonchev–Trinajstić information content (AvgIpc) is 4.42. The van der Waals surface area contributed by atoms with E-state index in [2.05, 4.69) is 40.8 Å². The van der Waals surface area contributed by atoms with Crippen LogP contribution in [0.1, 0.15) is 57.8 Å². The lowest BCUT2D eigenvalue weighted by Crippen LogP contribution is -2.29. The number of hydrogen-bond acceptors (Lipinski definition) is 13. The first-order valence-corrected chi connectivity index (χ1v) is 24.3. The fraction of sp³-hybridized carbons (Fsp3) is 0.222. The first kappa shape index (κ1) is 55.7. The van der Waals surface area contributed by atoms with Gasteiger partial charge in [-0.2, -0.15) is 36.5 Å². The Kier molecular flexibility index (Phi) is 17.7. The van der Waals surface area contributed by atoms with Crippen LogP contribution in [-0.2, 0) is 21.9 Å². The number of benzene rings is 2. The lowest BCUT2D eigenvalue weighted by atomic mass is 10.2. The van der Waals surface area contributed by atoms with Crippen LogP contribution in [0.25, 0.3) is 34.2 Å². The van der Waals surface area contributed by atoms with E-state index in [1.54, 1.807) is 58.3 Å². The molecule has 0 aliphatic carbocycles. The number of amides is 4. The zero-order valence-electron chi connectivity index (χ0n) is 41.6. The third-order valence-electron chi connectivity index (χ3n) is 11.9. The van der Waals surface area contributed by atoms with Gasteiger partial charge in [0.15, 0.2) is 23.0 Å². The molecule has 0 unspecified atom stereocenters. The topological polar surface area (TPSA) is 236 Å². The van der Waals surface area contributed by atoms with Crippen molar-refractivity contribution in [2.75, 3.05) is 50.0 Å². The minimum atomic E-state index is -4.67. The van der Waals surface area contributed by atoms with Crippen LogP contribution in [0.5, 0.6) is 11.5 Å². The molecule has 19 nitrogen and oxygen atoms in total. The molecule has 4 amide bonds. The first-order chi connectivity index (χ1) is 37.9. The summed E-state index contributed by atoms with van der Waals surface area (Å²) in [4.78, 5) is 66.9. The van der Waals surface area contributed by atoms with Crippen LogP contribution >= 0.6 is 0 Å². The summed E-state index contributed by atoms with van der Waals surface area (Å²) in [7, 11) is 0. The van der Waals surface area contributed by atoms with E-state index >= 15 is 0 Å². The molecule has 6 aromatic heterocycles. The molecule has 0 atom stereocenters. The summed E-state index contributed by atoms with van der Waals surface area (Å²) < 4.78 is 88.9. The van der Waals surface area contributed by atoms with Gasteiger partial charge in [-0.05, 0) is 110 Å². The number of carbonyl (C=O) groups excluding carboxylic acids is 4. The van der Waals surface area contributed by atoms with Crippen LogP contribution in [0, 0.1) is 0 Å². The summed E-state index contributed by atoms with van der Waals surface area (Å²) >= 11 is 0. The van der Waals surface area contributed by atoms with Gasteiger partial charge in [0.05, 0.1) is 48.3 Å². The van der Waals surface area contributed by atoms with Gasteiger partial charge in [0, 0.05) is 79.5 Å². The number of carbonyl (C=O) groups is 4. The van der Waals surface area contributed by atoms with Crippen molar-refractivity contribution in [1.29, 1.82) is 0 Å². The molecule has 25 heteroatoms. The fourth-order valence-corrected chi connectivity index (χ4v) is 8.05. The molecule has 8 aromatic rings. The highest BCUT2D eigenvalue weighted by atomic mass is 19.4. The highest BCUT2D eigenvalue weighted by Gasteiger charge is 2.38. The zero-order chi connectivity index (χ0) is 56.1. The van der Waals surface area contributed by atoms with Gasteiger partial charge < -0.3 is 35.4 Å². The Hall–Kier alpha value is -9.52. The van der Waals surface area contributed by atoms with Gasteiger partial charge in [-0.1, -0.05) is 12.1 Å². The largest absolute Gasteiger partial charge is 0.508 e. The maximum absolute atomic E-state index is 13.7. The first-order valence-electron chi connectivity index (χ1n) is 24.3. The fourth-order valence-electron chi connectivity index (χ4n) is 8.05. The number of aromatic nitrogens is 8. The molecule has 0 bridgehead atoms. The van der Waals surface area contributed by atoms with Gasteiger partial charge in [-0.15, -0.1) is 0 Å². The number of β-amino-alcohol motifs (C(OH)–C–C–N with tert-alkyl or cyclic N) is 1. The third kappa shape index (κ3) is 14.7. The number of aliphatic hydroxyl groups is 1. The molecule has 2 aliphatic rings. The Labute approximate surface area is 446 Å². The zero-order valence-corrected chi connectivity index (χ0v) is 41.6. The molecular formula is C54H48F6N12O7. The minimum Gasteiger partial charge on any atom is -0.508 e. The summed E-state index contributed by atoms with van der Waals surface area (Å²) in [6.07, 6.45) is 2.06. The average molecular weight is 1090 g/mol. The van der Waals surface area contributed by atoms with Crippen molar-refractivity contribution >= 4 is 35.0 Å². The van der Waals surface area contributed by atoms with Crippen molar-refractivity contribution in [3.05, 3.63) is 169 Å². The number of aromatic hydroxyl groups is 1. The predicted molar refractivity (Wildman–Crippen MR) is 274 cm³/mol. The SMILES string of the molecule is O=C(Nc1ccc(-n2nc(-c3cccnc3)cc2C(F)(F)F)nc1)c1cccc(O)c1.O=C(Nc1ccc(-n2nc(-c3cccnc3)cc2C(F)(F)F)nc1)c1cccc(OCCN2CCCC2=O)c1.O=C1CCCN1CCO. The second-order valence-electron chi connectivity index (χ2n) is 17.5. The van der Waals surface area contributed by atoms with Crippen molar-refractivity contribution in [1.82, 2.24) is 49.3 Å². The standard InChI is InChI=1S/C27H23F3N6O3.C21H14F3N5O2.C6H11NO2/c28-27(29,30)23-15-22(19-5-2-10-31-16-19)34-36(23)24-9-8-20(17-32-24)33-26(38)18-4-1-6-21(14-18)39-13-12-35-11-3-7-25(35)37;22-21(23,24)18-10-17(14-4-2-8-25-11-14)28-29(18)19-7-6-15(12-26-19)27-20(31)13-3-1-5-16(30)9-13;8-5-4-7-3-1-2-6(7)9/h1-2,4-6,8-10,14-17H,3,7,11-13H2,(H,33,38);1-12,30H,(H,27,31);8H,1-5H2. The minimum absolute atomic E-state index is 0.0658. The van der Waals surface area contributed by atoms with E-state index in [4.69, 9.17) is 9.84 Å². The Morgan fingerprint density at radius 2 is 1.09 bits per heavy atom. The van der Waals surface area contributed by atoms with Crippen molar-refractivity contribution in [2.45, 2.75) is 38.0 Å². The number of alkyl halides is 6. The maximum atomic E-state index is 13.7. The summed E-state index contributed by atoms with van der Waals surface area (Å²) in [6.45, 7) is 2.94. The monoisotopic (exact) mass is 1090 g/mol. The van der Waals surface area contributed by atoms with E-state index in [1.165, 1.54) is 85.7 Å². The molecule has 0 spiro atoms. The second-order valence-corrected chi connectivity index (χ2v) is 17.5. The quantitative estimate of drug-likeness (QED) is 0.0749. The molecular weight excluding hydrogens is 1040 g/mol. The van der Waals surface area contributed by atoms with Crippen molar-refractivity contribution in [2.24, 2.45) is 0 Å². The number of rotatable bonds is 14. The highest BCUT2D eigenvalue weighted by molar-refractivity contribution is 6.05. The van der Waals surface area contributed by atoms with E-state index in [1.807, 2.05) is 0 Å². The molecule has 4 N–H and O–H groups in total. The lowest BCUT2D eigenvalue weighted by molar-refractivity contribution is -0.143. The highest BCUT2D eigenvalue weighted by Crippen LogP contribution is 2.35. The number of nitrogens with zero attached hydrogens (tertiary/aromatic N) is 10. The number of aliphatic hydroxyl groups excluding tert-OH is 1. The number of likely N-dealkylation sites (tertiary alicyclic amines) is 2. The van der Waals surface area contributed by atoms with E-state index in [-0.39, 0.29) is 64.1 Å². The van der Waals surface area contributed by atoms with Crippen molar-refractivity contribution < 1.29 is 60.5 Å². The number of phenolic OH excluding ortho intramolecular Hbond substituents is 1. The number of phenols is 1. The van der Waals surface area contributed by atoms with Gasteiger partial charge >= 0.3 is 12.4 Å². The lowest BCUT2D eigenvalue weighted by Gasteiger charge is -2.16. The Morgan fingerprint density at radius 3 is 1.51 bits per heavy atom. The van der Waals surface area contributed by atoms with Gasteiger partial charge in [0.25, 0.3) is 11.8 Å². The molecule has 2 aromatic carbocycles. The normalized spacial score (nSPS) is 13.3. The number of ether oxygens (including phenoxy) is 1. The summed E-state index contributed by atoms with van der Waals surface area (Å²) in [5.74, 6) is -0.376. The predicted octanol–water partition coefficient (Wildman–Crippen LogP) is 8.51. The van der Waals surface area contributed by atoms with Crippen LogP contribution in [0.4, 0.5) is 37.7 Å². The molecule has 0 saturated carbocycles. The molecule has 8 heterocycles. The number of halogens is 6. The van der Waals surface area contributed by atoms with E-state index in [9.17, 15) is 50.6 Å². The van der Waals surface area contributed by atoms with E-state index in [0.29, 0.717) is 64.3 Å². The number of nitrogens with one attached hydrogen (secondary N) is 2. The van der Waals surface area contributed by atoms with Gasteiger partial charge in [-0.25, -0.2) is 19.3 Å². The molecule has 2 fully saturated rings. The number of hydrogen-bond donors (Lipinski definition) is 4. The van der Waals surface area contributed by atoms with Crippen molar-refractivity contribution in [3.8, 4) is 45.6 Å². The van der Waals surface area contributed by atoms with Crippen molar-refractivity contribution in [3.63, 3.8) is 0 Å². The molecule has 10 rings (SSSR count). The molecule has 2 saturated heterocycles. The molecule has 408 valence electrons. The molecule has 0 radical (unpaired) electrons. The van der Waals surface area contributed by atoms with Crippen LogP contribution in [0.3, 0.4) is 0 Å². The summed E-state index contributed by atoms with van der Waals surface area (Å²) in [5.41, 5.74) is 0.182. The van der Waals surface area contributed by atoms with Gasteiger partial charge in [0.1, 0.15) is 18.1 Å². The maximum Gasteiger partial charge on any atom is 0.433 e. The van der Waals surface area contributed by atoms with E-state index < -0.39 is 35.6 Å². The van der Waals surface area contributed by atoms with Crippen LogP contribution in [0.15, 0.2) is 146 Å². The van der Waals surface area contributed by atoms with Crippen LogP contribution in [0.2, 0.25) is 0 Å². The molecule has 2 aliphatic heterocycles. The number of pyridine rings is 4. The second kappa shape index (κ2) is 25.1. The van der Waals surface area contributed by atoms with E-state index in [0.717, 1.165) is 38.1 Å². The third-order valence-corrected chi connectivity index (χ3v) is 11.9. The van der Waals surface area contributed by atoms with Crippen LogP contribution in [-0.4, -0.2) is 123 Å². The Bertz CT molecular complexity index is 3380. The van der Waals surface area contributed by atoms with Crippen LogP contribution < -0.4 is 15.4 Å². The molecule has 79 heavy (non-hydrogen) atoms. The Balaban J connectivity index is 0.000000183.